The third-order valence-electron chi connectivity index (χ3n) is 9.42. The van der Waals surface area contributed by atoms with Crippen molar-refractivity contribution in [3.8, 4) is 45.2 Å². The van der Waals surface area contributed by atoms with Crippen LogP contribution in [0.15, 0.2) is 122 Å². The predicted octanol–water partition coefficient (Wildman–Crippen LogP) is 11.8. The average molecular weight is 611 g/mol. The third-order valence-corrected chi connectivity index (χ3v) is 9.42. The van der Waals surface area contributed by atoms with Gasteiger partial charge in [0.05, 0.1) is 0 Å². The molecule has 0 fully saturated rings. The number of benzene rings is 6. The van der Waals surface area contributed by atoms with Gasteiger partial charge in [-0.1, -0.05) is 84.9 Å². The standard InChI is InChI=1S/C42H30N2O3/c1-23-21-35(25(3)19-33(23)31-15-9-13-29-27-11-5-7-17-37(27)45-39(29)31)41-43-44-42(47-41)36-22-24(2)34(20-26(36)4)32-16-10-14-30-28-12-6-8-18-38(28)46-40(30)32/h5-22H,1-4H3. The van der Waals surface area contributed by atoms with E-state index in [1.54, 1.807) is 0 Å². The van der Waals surface area contributed by atoms with Crippen LogP contribution in [-0.2, 0) is 0 Å². The maximum Gasteiger partial charge on any atom is 0.248 e. The Morgan fingerprint density at radius 3 is 1.21 bits per heavy atom. The minimum absolute atomic E-state index is 0.502. The topological polar surface area (TPSA) is 65.2 Å². The Morgan fingerprint density at radius 1 is 0.362 bits per heavy atom. The van der Waals surface area contributed by atoms with E-state index in [4.69, 9.17) is 13.3 Å². The lowest BCUT2D eigenvalue weighted by molar-refractivity contribution is 0.583. The Hall–Kier alpha value is -5.94. The highest BCUT2D eigenvalue weighted by atomic mass is 16.4. The Labute approximate surface area is 271 Å². The zero-order chi connectivity index (χ0) is 31.8. The van der Waals surface area contributed by atoms with Gasteiger partial charge in [-0.3, -0.25) is 0 Å². The first-order valence-corrected chi connectivity index (χ1v) is 15.8. The lowest BCUT2D eigenvalue weighted by atomic mass is 9.93. The molecule has 0 saturated heterocycles. The van der Waals surface area contributed by atoms with E-state index < -0.39 is 0 Å². The molecule has 0 amide bonds. The van der Waals surface area contributed by atoms with E-state index in [-0.39, 0.29) is 0 Å². The smallest absolute Gasteiger partial charge is 0.248 e. The molecule has 0 aliphatic carbocycles. The first kappa shape index (κ1) is 27.4. The van der Waals surface area contributed by atoms with Gasteiger partial charge in [0.1, 0.15) is 22.3 Å². The van der Waals surface area contributed by atoms with Crippen molar-refractivity contribution in [1.82, 2.24) is 10.2 Å². The lowest BCUT2D eigenvalue weighted by Gasteiger charge is -2.12. The molecule has 5 heteroatoms. The third kappa shape index (κ3) is 4.23. The van der Waals surface area contributed by atoms with Crippen molar-refractivity contribution in [2.45, 2.75) is 27.7 Å². The van der Waals surface area contributed by atoms with Crippen LogP contribution in [-0.4, -0.2) is 10.2 Å². The molecule has 9 aromatic rings. The van der Waals surface area contributed by atoms with Gasteiger partial charge in [-0.25, -0.2) is 0 Å². The highest BCUT2D eigenvalue weighted by molar-refractivity contribution is 6.11. The molecule has 0 N–H and O–H groups in total. The average Bonchev–Trinajstić information content (AvgIpc) is 3.82. The van der Waals surface area contributed by atoms with Gasteiger partial charge < -0.3 is 13.3 Å². The summed E-state index contributed by atoms with van der Waals surface area (Å²) in [5.74, 6) is 1.00. The largest absolute Gasteiger partial charge is 0.455 e. The number of hydrogen-bond donors (Lipinski definition) is 0. The molecule has 5 nitrogen and oxygen atoms in total. The van der Waals surface area contributed by atoms with Gasteiger partial charge in [0.2, 0.25) is 11.8 Å². The summed E-state index contributed by atoms with van der Waals surface area (Å²) in [4.78, 5) is 0. The number of furan rings is 2. The molecule has 6 aromatic carbocycles. The van der Waals surface area contributed by atoms with Crippen LogP contribution >= 0.6 is 0 Å². The van der Waals surface area contributed by atoms with Crippen LogP contribution in [0.25, 0.3) is 89.0 Å². The summed E-state index contributed by atoms with van der Waals surface area (Å²) in [7, 11) is 0. The number of para-hydroxylation sites is 4. The molecular weight excluding hydrogens is 580 g/mol. The molecule has 0 atom stereocenters. The molecule has 0 aliphatic heterocycles. The number of aromatic nitrogens is 2. The maximum atomic E-state index is 6.38. The number of hydrogen-bond acceptors (Lipinski definition) is 5. The fourth-order valence-corrected chi connectivity index (χ4v) is 7.03. The van der Waals surface area contributed by atoms with Gasteiger partial charge in [0, 0.05) is 43.8 Å². The zero-order valence-corrected chi connectivity index (χ0v) is 26.5. The minimum atomic E-state index is 0.502. The van der Waals surface area contributed by atoms with E-state index >= 15 is 0 Å². The summed E-state index contributed by atoms with van der Waals surface area (Å²) in [5.41, 5.74) is 14.1. The fraction of sp³-hybridized carbons (Fsp3) is 0.0952. The lowest BCUT2D eigenvalue weighted by Crippen LogP contribution is -1.91. The van der Waals surface area contributed by atoms with E-state index in [9.17, 15) is 0 Å². The van der Waals surface area contributed by atoms with Crippen LogP contribution in [0.3, 0.4) is 0 Å². The molecule has 9 rings (SSSR count). The van der Waals surface area contributed by atoms with Crippen LogP contribution in [0.4, 0.5) is 0 Å². The zero-order valence-electron chi connectivity index (χ0n) is 26.5. The van der Waals surface area contributed by atoms with Crippen molar-refractivity contribution in [2.75, 3.05) is 0 Å². The molecule has 3 aromatic heterocycles. The molecule has 226 valence electrons. The molecule has 3 heterocycles. The monoisotopic (exact) mass is 610 g/mol. The minimum Gasteiger partial charge on any atom is -0.455 e. The van der Waals surface area contributed by atoms with Crippen molar-refractivity contribution in [2.24, 2.45) is 0 Å². The Kier molecular flexibility index (Phi) is 6.00. The van der Waals surface area contributed by atoms with Crippen molar-refractivity contribution >= 4 is 43.9 Å². The van der Waals surface area contributed by atoms with Crippen LogP contribution in [0.2, 0.25) is 0 Å². The maximum absolute atomic E-state index is 6.38. The van der Waals surface area contributed by atoms with Crippen molar-refractivity contribution in [3.63, 3.8) is 0 Å². The van der Waals surface area contributed by atoms with Gasteiger partial charge in [0.15, 0.2) is 0 Å². The summed E-state index contributed by atoms with van der Waals surface area (Å²) < 4.78 is 19.1. The van der Waals surface area contributed by atoms with Crippen molar-refractivity contribution in [1.29, 1.82) is 0 Å². The molecule has 0 spiro atoms. The molecule has 0 unspecified atom stereocenters. The summed E-state index contributed by atoms with van der Waals surface area (Å²) in [6, 6.07) is 37.7. The fourth-order valence-electron chi connectivity index (χ4n) is 7.03. The second kappa shape index (κ2) is 10.3. The number of aryl methyl sites for hydroxylation is 4. The van der Waals surface area contributed by atoms with Gasteiger partial charge in [-0.2, -0.15) is 0 Å². The van der Waals surface area contributed by atoms with Crippen LogP contribution < -0.4 is 0 Å². The molecule has 0 saturated carbocycles. The summed E-state index contributed by atoms with van der Waals surface area (Å²) >= 11 is 0. The normalized spacial score (nSPS) is 11.8. The highest BCUT2D eigenvalue weighted by Crippen LogP contribution is 2.41. The van der Waals surface area contributed by atoms with E-state index in [2.05, 4.69) is 111 Å². The first-order chi connectivity index (χ1) is 22.9. The van der Waals surface area contributed by atoms with E-state index in [1.807, 2.05) is 36.4 Å². The second-order valence-corrected chi connectivity index (χ2v) is 12.4. The van der Waals surface area contributed by atoms with Crippen molar-refractivity contribution < 1.29 is 13.3 Å². The molecular formula is C42H30N2O3. The highest BCUT2D eigenvalue weighted by Gasteiger charge is 2.20. The summed E-state index contributed by atoms with van der Waals surface area (Å²) in [6.07, 6.45) is 0. The van der Waals surface area contributed by atoms with E-state index in [0.717, 1.165) is 99.5 Å². The SMILES string of the molecule is Cc1cc(-c2cccc3c2oc2ccccc23)c(C)cc1-c1nnc(-c2cc(C)c(-c3cccc4c3oc3ccccc34)cc2C)o1. The number of rotatable bonds is 4. The Morgan fingerprint density at radius 2 is 0.745 bits per heavy atom. The quantitative estimate of drug-likeness (QED) is 0.198. The van der Waals surface area contributed by atoms with Crippen LogP contribution in [0.5, 0.6) is 0 Å². The number of nitrogens with zero attached hydrogens (tertiary/aromatic N) is 2. The predicted molar refractivity (Wildman–Crippen MR) is 190 cm³/mol. The van der Waals surface area contributed by atoms with Crippen LogP contribution in [0, 0.1) is 27.7 Å². The molecule has 47 heavy (non-hydrogen) atoms. The number of fused-ring (bicyclic) bond motifs is 6. The van der Waals surface area contributed by atoms with Crippen LogP contribution in [0.1, 0.15) is 22.3 Å². The Balaban J connectivity index is 1.09. The van der Waals surface area contributed by atoms with Gasteiger partial charge >= 0.3 is 0 Å². The van der Waals surface area contributed by atoms with Gasteiger partial charge in [-0.05, 0) is 85.3 Å². The first-order valence-electron chi connectivity index (χ1n) is 15.8. The van der Waals surface area contributed by atoms with Gasteiger partial charge in [-0.15, -0.1) is 10.2 Å². The van der Waals surface area contributed by atoms with Gasteiger partial charge in [0.25, 0.3) is 0 Å². The molecule has 0 radical (unpaired) electrons. The second-order valence-electron chi connectivity index (χ2n) is 12.4. The summed E-state index contributed by atoms with van der Waals surface area (Å²) in [5, 5.41) is 13.5. The summed E-state index contributed by atoms with van der Waals surface area (Å²) in [6.45, 7) is 8.41. The van der Waals surface area contributed by atoms with Crippen molar-refractivity contribution in [3.05, 3.63) is 131 Å². The van der Waals surface area contributed by atoms with E-state index in [0.29, 0.717) is 11.8 Å². The Bertz CT molecular complexity index is 2500. The van der Waals surface area contributed by atoms with E-state index in [1.165, 1.54) is 0 Å². The molecule has 0 aliphatic rings. The molecule has 0 bridgehead atoms.